The Morgan fingerprint density at radius 1 is 0.963 bits per heavy atom. The van der Waals surface area contributed by atoms with Crippen LogP contribution in [0.15, 0.2) is 77.4 Å². The van der Waals surface area contributed by atoms with Crippen molar-refractivity contribution in [2.45, 2.75) is 0 Å². The van der Waals surface area contributed by atoms with Gasteiger partial charge in [-0.1, -0.05) is 30.3 Å². The van der Waals surface area contributed by atoms with Gasteiger partial charge in [0.1, 0.15) is 5.75 Å². The number of ether oxygens (including phenoxy) is 1. The van der Waals surface area contributed by atoms with Crippen LogP contribution in [0.3, 0.4) is 0 Å². The molecule has 1 N–H and O–H groups in total. The third-order valence-corrected chi connectivity index (χ3v) is 4.76. The van der Waals surface area contributed by atoms with Crippen molar-refractivity contribution in [1.82, 2.24) is 9.97 Å². The van der Waals surface area contributed by atoms with Crippen LogP contribution >= 0.6 is 15.9 Å². The number of halogens is 1. The third-order valence-electron chi connectivity index (χ3n) is 3.94. The summed E-state index contributed by atoms with van der Waals surface area (Å²) in [6.45, 7) is 0. The average Bonchev–Trinajstić information content (AvgIpc) is 2.71. The van der Waals surface area contributed by atoms with Gasteiger partial charge in [0.05, 0.1) is 16.1 Å². The van der Waals surface area contributed by atoms with E-state index in [1.165, 1.54) is 0 Å². The predicted molar refractivity (Wildman–Crippen MR) is 108 cm³/mol. The number of fused-ring (bicyclic) bond motifs is 1. The van der Waals surface area contributed by atoms with Gasteiger partial charge in [0.15, 0.2) is 0 Å². The van der Waals surface area contributed by atoms with Gasteiger partial charge in [0.2, 0.25) is 11.8 Å². The fourth-order valence-corrected chi connectivity index (χ4v) is 3.20. The number of aromatic nitrogens is 2. The maximum Gasteiger partial charge on any atom is 0.230 e. The highest BCUT2D eigenvalue weighted by Crippen LogP contribution is 2.35. The summed E-state index contributed by atoms with van der Waals surface area (Å²) in [6, 6.07) is 22.8. The van der Waals surface area contributed by atoms with Crippen LogP contribution in [0.5, 0.6) is 11.6 Å². The SMILES string of the molecule is N#Cc1ccc(Nc2nccc(Oc3ccc4ccccc4c3Br)n2)cc1. The molecule has 0 radical (unpaired) electrons. The van der Waals surface area contributed by atoms with Crippen molar-refractivity contribution in [2.24, 2.45) is 0 Å². The number of nitrogens with one attached hydrogen (secondary N) is 1. The van der Waals surface area contributed by atoms with E-state index in [-0.39, 0.29) is 0 Å². The fraction of sp³-hybridized carbons (Fsp3) is 0. The Morgan fingerprint density at radius 2 is 1.78 bits per heavy atom. The van der Waals surface area contributed by atoms with Crippen LogP contribution in [0.2, 0.25) is 0 Å². The van der Waals surface area contributed by atoms with Gasteiger partial charge in [-0.3, -0.25) is 0 Å². The van der Waals surface area contributed by atoms with E-state index in [2.05, 4.69) is 37.3 Å². The highest BCUT2D eigenvalue weighted by atomic mass is 79.9. The molecule has 0 spiro atoms. The van der Waals surface area contributed by atoms with Crippen molar-refractivity contribution in [2.75, 3.05) is 5.32 Å². The second kappa shape index (κ2) is 7.44. The molecular weight excluding hydrogens is 404 g/mol. The minimum absolute atomic E-state index is 0.411. The van der Waals surface area contributed by atoms with Crippen LogP contribution in [0.4, 0.5) is 11.6 Å². The first-order valence-electron chi connectivity index (χ1n) is 8.18. The maximum atomic E-state index is 8.87. The highest BCUT2D eigenvalue weighted by Gasteiger charge is 2.09. The monoisotopic (exact) mass is 416 g/mol. The molecule has 3 aromatic carbocycles. The van der Waals surface area contributed by atoms with Gasteiger partial charge < -0.3 is 10.1 Å². The first kappa shape index (κ1) is 17.0. The Kier molecular flexibility index (Phi) is 4.69. The molecule has 4 rings (SSSR count). The lowest BCUT2D eigenvalue weighted by molar-refractivity contribution is 0.460. The number of anilines is 2. The quantitative estimate of drug-likeness (QED) is 0.455. The Balaban J connectivity index is 1.57. The lowest BCUT2D eigenvalue weighted by atomic mass is 10.1. The summed E-state index contributed by atoms with van der Waals surface area (Å²) in [5.74, 6) is 1.52. The molecule has 0 atom stereocenters. The molecule has 1 heterocycles. The molecule has 5 nitrogen and oxygen atoms in total. The molecule has 0 amide bonds. The molecule has 130 valence electrons. The van der Waals surface area contributed by atoms with Gasteiger partial charge in [0, 0.05) is 18.0 Å². The Hall–Kier alpha value is -3.43. The molecule has 0 aliphatic carbocycles. The molecule has 0 unspecified atom stereocenters. The Morgan fingerprint density at radius 3 is 2.59 bits per heavy atom. The van der Waals surface area contributed by atoms with E-state index in [0.29, 0.717) is 23.1 Å². The first-order valence-corrected chi connectivity index (χ1v) is 8.97. The molecule has 0 bridgehead atoms. The molecule has 0 aliphatic heterocycles. The van der Waals surface area contributed by atoms with Crippen LogP contribution in [0, 0.1) is 11.3 Å². The van der Waals surface area contributed by atoms with E-state index in [0.717, 1.165) is 20.9 Å². The van der Waals surface area contributed by atoms with Gasteiger partial charge >= 0.3 is 0 Å². The molecule has 0 saturated carbocycles. The van der Waals surface area contributed by atoms with Crippen LogP contribution in [-0.2, 0) is 0 Å². The molecule has 6 heteroatoms. The van der Waals surface area contributed by atoms with Gasteiger partial charge in [-0.15, -0.1) is 0 Å². The summed E-state index contributed by atoms with van der Waals surface area (Å²) >= 11 is 3.61. The van der Waals surface area contributed by atoms with Crippen molar-refractivity contribution in [3.05, 3.63) is 83.0 Å². The number of nitrogens with zero attached hydrogens (tertiary/aromatic N) is 3. The Bertz CT molecular complexity index is 1150. The zero-order valence-corrected chi connectivity index (χ0v) is 15.6. The number of benzene rings is 3. The van der Waals surface area contributed by atoms with Crippen LogP contribution in [0.1, 0.15) is 5.56 Å². The summed E-state index contributed by atoms with van der Waals surface area (Å²) < 4.78 is 6.83. The van der Waals surface area contributed by atoms with Gasteiger partial charge in [-0.05, 0) is 57.0 Å². The van der Waals surface area contributed by atoms with Gasteiger partial charge in [-0.2, -0.15) is 10.2 Å². The standard InChI is InChI=1S/C21H13BrN4O/c22-20-17-4-2-1-3-15(17)7-10-18(20)27-19-11-12-24-21(26-19)25-16-8-5-14(13-23)6-9-16/h1-12H,(H,24,25,26). The zero-order chi connectivity index (χ0) is 18.6. The van der Waals surface area contributed by atoms with Gasteiger partial charge in [0.25, 0.3) is 0 Å². The molecule has 27 heavy (non-hydrogen) atoms. The molecule has 4 aromatic rings. The fourth-order valence-electron chi connectivity index (χ4n) is 2.62. The van der Waals surface area contributed by atoms with Crippen molar-refractivity contribution in [1.29, 1.82) is 5.26 Å². The summed E-state index contributed by atoms with van der Waals surface area (Å²) in [6.07, 6.45) is 1.63. The van der Waals surface area contributed by atoms with Gasteiger partial charge in [-0.25, -0.2) is 4.98 Å². The summed E-state index contributed by atoms with van der Waals surface area (Å²) in [4.78, 5) is 8.61. The topological polar surface area (TPSA) is 70.8 Å². The molecule has 0 saturated heterocycles. The average molecular weight is 417 g/mol. The number of hydrogen-bond acceptors (Lipinski definition) is 5. The summed E-state index contributed by atoms with van der Waals surface area (Å²) in [5, 5.41) is 14.2. The number of hydrogen-bond donors (Lipinski definition) is 1. The van der Waals surface area contributed by atoms with Crippen LogP contribution in [-0.4, -0.2) is 9.97 Å². The first-order chi connectivity index (χ1) is 13.2. The van der Waals surface area contributed by atoms with Crippen LogP contribution in [0.25, 0.3) is 10.8 Å². The number of nitriles is 1. The third kappa shape index (κ3) is 3.73. The second-order valence-electron chi connectivity index (χ2n) is 5.73. The highest BCUT2D eigenvalue weighted by molar-refractivity contribution is 9.10. The molecule has 1 aromatic heterocycles. The van der Waals surface area contributed by atoms with E-state index >= 15 is 0 Å². The lowest BCUT2D eigenvalue weighted by Gasteiger charge is -2.10. The van der Waals surface area contributed by atoms with E-state index < -0.39 is 0 Å². The largest absolute Gasteiger partial charge is 0.438 e. The molecular formula is C21H13BrN4O. The smallest absolute Gasteiger partial charge is 0.230 e. The van der Waals surface area contributed by atoms with Crippen molar-refractivity contribution < 1.29 is 4.74 Å². The van der Waals surface area contributed by atoms with Crippen molar-refractivity contribution in [3.63, 3.8) is 0 Å². The Labute approximate surface area is 164 Å². The lowest BCUT2D eigenvalue weighted by Crippen LogP contribution is -1.98. The summed E-state index contributed by atoms with van der Waals surface area (Å²) in [7, 11) is 0. The van der Waals surface area contributed by atoms with Crippen LogP contribution < -0.4 is 10.1 Å². The summed E-state index contributed by atoms with van der Waals surface area (Å²) in [5.41, 5.74) is 1.39. The van der Waals surface area contributed by atoms with E-state index in [1.54, 1.807) is 36.5 Å². The predicted octanol–water partition coefficient (Wildman–Crippen LogP) is 5.80. The van der Waals surface area contributed by atoms with Crippen molar-refractivity contribution >= 4 is 38.3 Å². The molecule has 0 aliphatic rings. The molecule has 0 fully saturated rings. The van der Waals surface area contributed by atoms with E-state index in [1.807, 2.05) is 36.4 Å². The normalized spacial score (nSPS) is 10.4. The van der Waals surface area contributed by atoms with E-state index in [9.17, 15) is 0 Å². The number of rotatable bonds is 4. The van der Waals surface area contributed by atoms with Crippen molar-refractivity contribution in [3.8, 4) is 17.7 Å². The van der Waals surface area contributed by atoms with E-state index in [4.69, 9.17) is 10.00 Å². The minimum Gasteiger partial charge on any atom is -0.438 e. The zero-order valence-electron chi connectivity index (χ0n) is 14.1. The minimum atomic E-state index is 0.411. The maximum absolute atomic E-state index is 8.87. The second-order valence-corrected chi connectivity index (χ2v) is 6.53.